The molecule has 1 rings (SSSR count). The highest BCUT2D eigenvalue weighted by Crippen LogP contribution is 2.20. The van der Waals surface area contributed by atoms with Gasteiger partial charge in [-0.1, -0.05) is 20.8 Å². The summed E-state index contributed by atoms with van der Waals surface area (Å²) in [6.07, 6.45) is 0.246. The van der Waals surface area contributed by atoms with Crippen molar-refractivity contribution < 1.29 is 9.59 Å². The van der Waals surface area contributed by atoms with E-state index in [2.05, 4.69) is 15.6 Å². The van der Waals surface area contributed by atoms with Crippen molar-refractivity contribution in [2.45, 2.75) is 34.1 Å². The molecule has 0 aliphatic rings. The summed E-state index contributed by atoms with van der Waals surface area (Å²) in [6, 6.07) is 0. The van der Waals surface area contributed by atoms with Gasteiger partial charge in [-0.05, 0) is 6.92 Å². The molecule has 0 unspecified atom stereocenters. The zero-order valence-corrected chi connectivity index (χ0v) is 12.0. The minimum atomic E-state index is -0.453. The van der Waals surface area contributed by atoms with Crippen LogP contribution in [0.2, 0.25) is 0 Å². The van der Waals surface area contributed by atoms with Gasteiger partial charge in [0, 0.05) is 17.3 Å². The van der Waals surface area contributed by atoms with Gasteiger partial charge in [-0.3, -0.25) is 9.59 Å². The molecule has 0 aliphatic heterocycles. The lowest BCUT2D eigenvalue weighted by atomic mass is 9.96. The van der Waals surface area contributed by atoms with Gasteiger partial charge in [0.25, 0.3) is 0 Å². The van der Waals surface area contributed by atoms with Gasteiger partial charge in [0.1, 0.15) is 0 Å². The second kappa shape index (κ2) is 5.95. The highest BCUT2D eigenvalue weighted by molar-refractivity contribution is 7.13. The third-order valence-electron chi connectivity index (χ3n) is 2.17. The summed E-state index contributed by atoms with van der Waals surface area (Å²) in [6.45, 7) is 7.99. The molecule has 0 radical (unpaired) electrons. The maximum Gasteiger partial charge on any atom is 0.231 e. The Morgan fingerprint density at radius 2 is 2.06 bits per heavy atom. The lowest BCUT2D eigenvalue weighted by molar-refractivity contribution is -0.123. The Morgan fingerprint density at radius 3 is 2.61 bits per heavy atom. The van der Waals surface area contributed by atoms with Gasteiger partial charge in [-0.15, -0.1) is 11.3 Å². The van der Waals surface area contributed by atoms with Crippen molar-refractivity contribution in [1.29, 1.82) is 0 Å². The molecule has 0 saturated carbocycles. The molecule has 0 atom stereocenters. The van der Waals surface area contributed by atoms with E-state index < -0.39 is 5.41 Å². The number of hydrogen-bond acceptors (Lipinski definition) is 4. The maximum atomic E-state index is 11.7. The van der Waals surface area contributed by atoms with Crippen molar-refractivity contribution >= 4 is 28.3 Å². The van der Waals surface area contributed by atoms with E-state index in [1.165, 1.54) is 11.3 Å². The van der Waals surface area contributed by atoms with Crippen molar-refractivity contribution in [3.63, 3.8) is 0 Å². The zero-order valence-electron chi connectivity index (χ0n) is 11.2. The topological polar surface area (TPSA) is 71.1 Å². The summed E-state index contributed by atoms with van der Waals surface area (Å²) in [5, 5.41) is 7.77. The molecule has 5 nitrogen and oxygen atoms in total. The van der Waals surface area contributed by atoms with Crippen LogP contribution in [-0.2, 0) is 16.0 Å². The van der Waals surface area contributed by atoms with Crippen LogP contribution in [-0.4, -0.2) is 23.3 Å². The monoisotopic (exact) mass is 269 g/mol. The molecule has 0 fully saturated rings. The molecular weight excluding hydrogens is 250 g/mol. The quantitative estimate of drug-likeness (QED) is 0.875. The van der Waals surface area contributed by atoms with Crippen LogP contribution in [0.15, 0.2) is 5.38 Å². The Hall–Kier alpha value is -1.43. The number of hydrogen-bond donors (Lipinski definition) is 2. The first-order valence-corrected chi connectivity index (χ1v) is 6.73. The standard InChI is InChI=1S/C12H19N3O2S/c1-5-13-9(16)6-8-7-18-11(14-8)15-10(17)12(2,3)4/h7H,5-6H2,1-4H3,(H,13,16)(H,14,15,17). The van der Waals surface area contributed by atoms with Gasteiger partial charge in [0.2, 0.25) is 11.8 Å². The van der Waals surface area contributed by atoms with Crippen LogP contribution in [0.1, 0.15) is 33.4 Å². The predicted molar refractivity (Wildman–Crippen MR) is 72.6 cm³/mol. The minimum absolute atomic E-state index is 0.0588. The molecule has 0 spiro atoms. The van der Waals surface area contributed by atoms with Crippen LogP contribution in [0.3, 0.4) is 0 Å². The van der Waals surface area contributed by atoms with Crippen LogP contribution < -0.4 is 10.6 Å². The van der Waals surface area contributed by atoms with Crippen LogP contribution in [0.5, 0.6) is 0 Å². The SMILES string of the molecule is CCNC(=O)Cc1csc(NC(=O)C(C)(C)C)n1. The zero-order chi connectivity index (χ0) is 13.8. The van der Waals surface area contributed by atoms with E-state index in [0.717, 1.165) is 0 Å². The molecule has 100 valence electrons. The number of anilines is 1. The molecule has 6 heteroatoms. The van der Waals surface area contributed by atoms with Gasteiger partial charge in [0.05, 0.1) is 12.1 Å². The van der Waals surface area contributed by atoms with Crippen LogP contribution in [0.4, 0.5) is 5.13 Å². The fourth-order valence-corrected chi connectivity index (χ4v) is 1.86. The minimum Gasteiger partial charge on any atom is -0.356 e. The Labute approximate surface area is 111 Å². The third kappa shape index (κ3) is 4.44. The number of nitrogens with one attached hydrogen (secondary N) is 2. The van der Waals surface area contributed by atoms with Crippen molar-refractivity contribution in [3.05, 3.63) is 11.1 Å². The lowest BCUT2D eigenvalue weighted by Crippen LogP contribution is -2.27. The van der Waals surface area contributed by atoms with Crippen molar-refractivity contribution in [1.82, 2.24) is 10.3 Å². The number of carbonyl (C=O) groups is 2. The van der Waals surface area contributed by atoms with Gasteiger partial charge >= 0.3 is 0 Å². The summed E-state index contributed by atoms with van der Waals surface area (Å²) >= 11 is 1.33. The Bertz CT molecular complexity index is 435. The van der Waals surface area contributed by atoms with E-state index in [0.29, 0.717) is 17.4 Å². The predicted octanol–water partition coefficient (Wildman–Crippen LogP) is 1.81. The first kappa shape index (κ1) is 14.6. The van der Waals surface area contributed by atoms with Crippen LogP contribution >= 0.6 is 11.3 Å². The van der Waals surface area contributed by atoms with Crippen molar-refractivity contribution in [2.75, 3.05) is 11.9 Å². The smallest absolute Gasteiger partial charge is 0.231 e. The summed E-state index contributed by atoms with van der Waals surface area (Å²) in [4.78, 5) is 27.3. The second-order valence-corrected chi connectivity index (χ2v) is 5.84. The summed E-state index contributed by atoms with van der Waals surface area (Å²) in [5.74, 6) is -0.141. The molecule has 2 N–H and O–H groups in total. The average molecular weight is 269 g/mol. The van der Waals surface area contributed by atoms with Crippen LogP contribution in [0, 0.1) is 5.41 Å². The van der Waals surface area contributed by atoms with E-state index in [9.17, 15) is 9.59 Å². The largest absolute Gasteiger partial charge is 0.356 e. The lowest BCUT2D eigenvalue weighted by Gasteiger charge is -2.15. The van der Waals surface area contributed by atoms with E-state index in [1.54, 1.807) is 5.38 Å². The number of likely N-dealkylation sites (N-methyl/N-ethyl adjacent to an activating group) is 1. The first-order chi connectivity index (χ1) is 8.32. The molecule has 0 saturated heterocycles. The molecule has 1 heterocycles. The number of carbonyl (C=O) groups excluding carboxylic acids is 2. The van der Waals surface area contributed by atoms with E-state index in [1.807, 2.05) is 27.7 Å². The first-order valence-electron chi connectivity index (χ1n) is 5.85. The highest BCUT2D eigenvalue weighted by atomic mass is 32.1. The molecule has 18 heavy (non-hydrogen) atoms. The number of rotatable bonds is 4. The van der Waals surface area contributed by atoms with Crippen LogP contribution in [0.25, 0.3) is 0 Å². The van der Waals surface area contributed by atoms with Crippen molar-refractivity contribution in [2.24, 2.45) is 5.41 Å². The molecule has 2 amide bonds. The fourth-order valence-electron chi connectivity index (χ4n) is 1.15. The number of aromatic nitrogens is 1. The second-order valence-electron chi connectivity index (χ2n) is 4.98. The van der Waals surface area contributed by atoms with Gasteiger partial charge < -0.3 is 10.6 Å². The van der Waals surface area contributed by atoms with E-state index in [4.69, 9.17) is 0 Å². The highest BCUT2D eigenvalue weighted by Gasteiger charge is 2.22. The molecule has 1 aromatic rings. The molecule has 0 aromatic carbocycles. The third-order valence-corrected chi connectivity index (χ3v) is 2.98. The maximum absolute atomic E-state index is 11.7. The Morgan fingerprint density at radius 1 is 1.39 bits per heavy atom. The van der Waals surface area contributed by atoms with E-state index in [-0.39, 0.29) is 18.2 Å². The Balaban J connectivity index is 2.59. The van der Waals surface area contributed by atoms with Crippen molar-refractivity contribution in [3.8, 4) is 0 Å². The number of nitrogens with zero attached hydrogens (tertiary/aromatic N) is 1. The normalized spacial score (nSPS) is 11.1. The fraction of sp³-hybridized carbons (Fsp3) is 0.583. The number of thiazole rings is 1. The number of amides is 2. The Kier molecular flexibility index (Phi) is 4.84. The van der Waals surface area contributed by atoms with Gasteiger partial charge in [-0.25, -0.2) is 4.98 Å². The summed E-state index contributed by atoms with van der Waals surface area (Å²) in [5.41, 5.74) is 0.223. The summed E-state index contributed by atoms with van der Waals surface area (Å²) in [7, 11) is 0. The molecule has 0 aliphatic carbocycles. The van der Waals surface area contributed by atoms with Gasteiger partial charge in [-0.2, -0.15) is 0 Å². The molecular formula is C12H19N3O2S. The molecule has 0 bridgehead atoms. The average Bonchev–Trinajstić information content (AvgIpc) is 2.64. The van der Waals surface area contributed by atoms with E-state index >= 15 is 0 Å². The van der Waals surface area contributed by atoms with Gasteiger partial charge in [0.15, 0.2) is 5.13 Å². The summed E-state index contributed by atoms with van der Waals surface area (Å²) < 4.78 is 0. The molecule has 1 aromatic heterocycles.